The third-order valence-electron chi connectivity index (χ3n) is 4.15. The van der Waals surface area contributed by atoms with Crippen LogP contribution < -0.4 is 20.1 Å². The van der Waals surface area contributed by atoms with Gasteiger partial charge in [-0.1, -0.05) is 35.9 Å². The van der Waals surface area contributed by atoms with E-state index in [2.05, 4.69) is 10.1 Å². The van der Waals surface area contributed by atoms with Crippen LogP contribution in [0.5, 0.6) is 0 Å². The lowest BCUT2D eigenvalue weighted by atomic mass is 10.2. The Kier molecular flexibility index (Phi) is 6.25. The van der Waals surface area contributed by atoms with Gasteiger partial charge >= 0.3 is 5.97 Å². The predicted molar refractivity (Wildman–Crippen MR) is 114 cm³/mol. The number of amides is 1. The first-order valence-electron chi connectivity index (χ1n) is 8.84. The summed E-state index contributed by atoms with van der Waals surface area (Å²) < 4.78 is 6.01. The maximum absolute atomic E-state index is 13.0. The molecule has 3 aromatic rings. The van der Waals surface area contributed by atoms with Gasteiger partial charge in [-0.25, -0.2) is 4.79 Å². The largest absolute Gasteiger partial charge is 0.466 e. The Hall–Kier alpha value is -3.96. The minimum Gasteiger partial charge on any atom is -0.466 e. The number of methoxy groups -OCH3 is 1. The number of esters is 1. The number of hydrogen-bond acceptors (Lipinski definition) is 6. The molecule has 0 aliphatic carbocycles. The summed E-state index contributed by atoms with van der Waals surface area (Å²) >= 11 is 0.872. The molecule has 1 amide bonds. The Morgan fingerprint density at radius 3 is 2.40 bits per heavy atom. The number of carbonyl (C=O) groups excluding carboxylic acids is 2. The van der Waals surface area contributed by atoms with Gasteiger partial charge in [0.1, 0.15) is 15.3 Å². The summed E-state index contributed by atoms with van der Waals surface area (Å²) in [5, 5.41) is 12.4. The van der Waals surface area contributed by atoms with Crippen molar-refractivity contribution in [3.8, 4) is 11.8 Å². The van der Waals surface area contributed by atoms with Crippen molar-refractivity contribution in [1.29, 1.82) is 5.26 Å². The smallest absolute Gasteiger partial charge is 0.332 e. The molecule has 0 aliphatic rings. The Morgan fingerprint density at radius 2 is 1.80 bits per heavy atom. The van der Waals surface area contributed by atoms with Gasteiger partial charge in [0.25, 0.3) is 11.5 Å². The second kappa shape index (κ2) is 9.03. The highest BCUT2D eigenvalue weighted by atomic mass is 32.1. The Morgan fingerprint density at radius 1 is 1.13 bits per heavy atom. The normalized spacial score (nSPS) is 12.1. The maximum atomic E-state index is 13.0. The molecule has 0 aliphatic heterocycles. The lowest BCUT2D eigenvalue weighted by Crippen LogP contribution is -2.32. The monoisotopic (exact) mass is 419 g/mol. The summed E-state index contributed by atoms with van der Waals surface area (Å²) in [7, 11) is 1.20. The molecule has 0 saturated carbocycles. The molecule has 30 heavy (non-hydrogen) atoms. The fourth-order valence-corrected chi connectivity index (χ4v) is 3.72. The van der Waals surface area contributed by atoms with Crippen molar-refractivity contribution in [1.82, 2.24) is 4.57 Å². The van der Waals surface area contributed by atoms with Crippen molar-refractivity contribution in [3.63, 3.8) is 0 Å². The fourth-order valence-electron chi connectivity index (χ4n) is 2.65. The maximum Gasteiger partial charge on any atom is 0.332 e. The molecular weight excluding hydrogens is 402 g/mol. The molecule has 1 aromatic heterocycles. The van der Waals surface area contributed by atoms with Gasteiger partial charge < -0.3 is 10.1 Å². The van der Waals surface area contributed by atoms with Crippen LogP contribution in [-0.2, 0) is 14.3 Å². The van der Waals surface area contributed by atoms with Gasteiger partial charge in [0.2, 0.25) is 0 Å². The van der Waals surface area contributed by atoms with E-state index in [-0.39, 0.29) is 14.8 Å². The molecule has 0 radical (unpaired) electrons. The van der Waals surface area contributed by atoms with Crippen LogP contribution in [0.2, 0.25) is 0 Å². The van der Waals surface area contributed by atoms with Crippen molar-refractivity contribution in [2.45, 2.75) is 6.92 Å². The lowest BCUT2D eigenvalue weighted by Gasteiger charge is -2.06. The molecule has 150 valence electrons. The average molecular weight is 419 g/mol. The van der Waals surface area contributed by atoms with Gasteiger partial charge in [-0.15, -0.1) is 11.3 Å². The zero-order valence-electron chi connectivity index (χ0n) is 16.2. The number of thiazole rings is 1. The number of para-hydroxylation sites is 1. The third kappa shape index (κ3) is 4.37. The van der Waals surface area contributed by atoms with Crippen LogP contribution in [0.1, 0.15) is 5.56 Å². The van der Waals surface area contributed by atoms with Crippen molar-refractivity contribution in [3.05, 3.63) is 79.7 Å². The van der Waals surface area contributed by atoms with Gasteiger partial charge in [0.15, 0.2) is 5.57 Å². The molecule has 0 atom stereocenters. The van der Waals surface area contributed by atoms with E-state index in [9.17, 15) is 19.6 Å². The first kappa shape index (κ1) is 20.8. The Labute approximate surface area is 175 Å². The molecule has 7 nitrogen and oxygen atoms in total. The fraction of sp³-hybridized carbons (Fsp3) is 0.0909. The molecule has 8 heteroatoms. The number of rotatable bonds is 4. The van der Waals surface area contributed by atoms with E-state index in [1.54, 1.807) is 42.5 Å². The number of carbonyl (C=O) groups is 2. The quantitative estimate of drug-likeness (QED) is 0.646. The molecule has 1 N–H and O–H groups in total. The third-order valence-corrected chi connectivity index (χ3v) is 5.24. The van der Waals surface area contributed by atoms with Gasteiger partial charge in [-0.3, -0.25) is 14.2 Å². The van der Waals surface area contributed by atoms with E-state index in [4.69, 9.17) is 0 Å². The number of aromatic nitrogens is 1. The molecule has 0 saturated heterocycles. The second-order valence-electron chi connectivity index (χ2n) is 6.22. The van der Waals surface area contributed by atoms with Crippen molar-refractivity contribution >= 4 is 40.5 Å². The molecule has 2 aromatic carbocycles. The highest BCUT2D eigenvalue weighted by molar-refractivity contribution is 7.07. The summed E-state index contributed by atoms with van der Waals surface area (Å²) in [4.78, 5) is 37.5. The second-order valence-corrected chi connectivity index (χ2v) is 7.25. The summed E-state index contributed by atoms with van der Waals surface area (Å²) in [6.07, 6.45) is 1.04. The lowest BCUT2D eigenvalue weighted by molar-refractivity contribution is -0.133. The van der Waals surface area contributed by atoms with Gasteiger partial charge in [0.05, 0.1) is 12.8 Å². The van der Waals surface area contributed by atoms with Crippen LogP contribution in [0.3, 0.4) is 0 Å². The standard InChI is InChI=1S/C22H17N3O4S/c1-14-8-10-15(11-9-14)24-20(27)17(13-23)22-25(16-6-4-3-5-7-16)21(28)18(30-22)12-19(26)29-2/h3-12H,1-2H3,(H,24,27)/b18-12+,22-17-. The van der Waals surface area contributed by atoms with Gasteiger partial charge in [-0.2, -0.15) is 5.26 Å². The van der Waals surface area contributed by atoms with Crippen LogP contribution in [0.4, 0.5) is 5.69 Å². The van der Waals surface area contributed by atoms with Gasteiger partial charge in [-0.05, 0) is 31.2 Å². The Balaban J connectivity index is 2.25. The van der Waals surface area contributed by atoms with Crippen molar-refractivity contribution in [2.75, 3.05) is 12.4 Å². The molecule has 0 bridgehead atoms. The average Bonchev–Trinajstić information content (AvgIpc) is 3.06. The number of benzene rings is 2. The summed E-state index contributed by atoms with van der Waals surface area (Å²) in [5.41, 5.74) is 1.24. The van der Waals surface area contributed by atoms with Crippen molar-refractivity contribution in [2.24, 2.45) is 0 Å². The number of ether oxygens (including phenoxy) is 1. The van der Waals surface area contributed by atoms with E-state index in [1.165, 1.54) is 11.7 Å². The predicted octanol–water partition coefficient (Wildman–Crippen LogP) is 1.47. The van der Waals surface area contributed by atoms with E-state index in [0.29, 0.717) is 11.4 Å². The zero-order chi connectivity index (χ0) is 21.7. The molecule has 0 spiro atoms. The molecule has 0 unspecified atom stereocenters. The zero-order valence-corrected chi connectivity index (χ0v) is 17.0. The number of nitrogens with one attached hydrogen (secondary N) is 1. The molecular formula is C22H17N3O4S. The molecule has 0 fully saturated rings. The van der Waals surface area contributed by atoms with Gasteiger partial charge in [0, 0.05) is 11.8 Å². The van der Waals surface area contributed by atoms with E-state index in [1.807, 2.05) is 25.1 Å². The SMILES string of the molecule is COC(=O)/C=c1/s/c(=C(/C#N)C(=O)Nc2ccc(C)cc2)n(-c2ccccc2)c1=O. The first-order valence-corrected chi connectivity index (χ1v) is 9.65. The first-order chi connectivity index (χ1) is 14.4. The van der Waals surface area contributed by atoms with E-state index < -0.39 is 17.4 Å². The van der Waals surface area contributed by atoms with E-state index >= 15 is 0 Å². The number of nitriles is 1. The van der Waals surface area contributed by atoms with Crippen LogP contribution in [0, 0.1) is 18.3 Å². The van der Waals surface area contributed by atoms with Crippen LogP contribution in [0.15, 0.2) is 59.4 Å². The number of nitrogens with zero attached hydrogens (tertiary/aromatic N) is 2. The van der Waals surface area contributed by atoms with E-state index in [0.717, 1.165) is 23.0 Å². The number of hydrogen-bond donors (Lipinski definition) is 1. The number of anilines is 1. The summed E-state index contributed by atoms with van der Waals surface area (Å²) in [6, 6.07) is 17.6. The van der Waals surface area contributed by atoms with Crippen LogP contribution in [0.25, 0.3) is 17.3 Å². The molecule has 3 rings (SSSR count). The summed E-state index contributed by atoms with van der Waals surface area (Å²) in [6.45, 7) is 1.92. The van der Waals surface area contributed by atoms with Crippen molar-refractivity contribution < 1.29 is 14.3 Å². The minimum absolute atomic E-state index is 0.0524. The molecule has 1 heterocycles. The Bertz CT molecular complexity index is 1310. The van der Waals surface area contributed by atoms with Crippen LogP contribution >= 0.6 is 11.3 Å². The number of aryl methyl sites for hydroxylation is 1. The topological polar surface area (TPSA) is 101 Å². The highest BCUT2D eigenvalue weighted by Gasteiger charge is 2.17. The minimum atomic E-state index is -0.706. The highest BCUT2D eigenvalue weighted by Crippen LogP contribution is 2.10. The summed E-state index contributed by atoms with van der Waals surface area (Å²) in [5.74, 6) is -1.36. The van der Waals surface area contributed by atoms with Crippen LogP contribution in [-0.4, -0.2) is 23.6 Å².